The van der Waals surface area contributed by atoms with Crippen LogP contribution < -0.4 is 4.90 Å². The summed E-state index contributed by atoms with van der Waals surface area (Å²) in [5.41, 5.74) is 0.851. The lowest BCUT2D eigenvalue weighted by Crippen LogP contribution is -2.31. The first-order chi connectivity index (χ1) is 15.3. The van der Waals surface area contributed by atoms with Gasteiger partial charge in [-0.3, -0.25) is 14.5 Å². The number of carbonyl (C=O) groups is 3. The van der Waals surface area contributed by atoms with E-state index in [1.165, 1.54) is 16.2 Å². The van der Waals surface area contributed by atoms with Crippen LogP contribution in [0.15, 0.2) is 53.1 Å². The van der Waals surface area contributed by atoms with Gasteiger partial charge >= 0.3 is 5.97 Å². The molecule has 0 saturated heterocycles. The van der Waals surface area contributed by atoms with Crippen molar-refractivity contribution in [1.82, 2.24) is 4.98 Å². The van der Waals surface area contributed by atoms with Crippen molar-refractivity contribution in [2.75, 3.05) is 11.5 Å². The van der Waals surface area contributed by atoms with E-state index in [1.54, 1.807) is 55.6 Å². The normalized spacial score (nSPS) is 16.0. The molecule has 1 amide bonds. The highest BCUT2D eigenvalue weighted by molar-refractivity contribution is 7.17. The van der Waals surface area contributed by atoms with Crippen LogP contribution in [0.1, 0.15) is 43.6 Å². The van der Waals surface area contributed by atoms with Gasteiger partial charge in [-0.2, -0.15) is 0 Å². The zero-order valence-corrected chi connectivity index (χ0v) is 19.4. The molecule has 1 aliphatic heterocycles. The van der Waals surface area contributed by atoms with Gasteiger partial charge in [0.2, 0.25) is 5.78 Å². The van der Waals surface area contributed by atoms with E-state index in [0.717, 1.165) is 11.3 Å². The number of hydrogen-bond donors (Lipinski definition) is 1. The molecule has 0 unspecified atom stereocenters. The molecule has 1 atom stereocenters. The molecule has 164 valence electrons. The molecule has 1 aliphatic rings. The van der Waals surface area contributed by atoms with Gasteiger partial charge in [0.15, 0.2) is 10.9 Å². The molecule has 2 aromatic heterocycles. The lowest BCUT2D eigenvalue weighted by molar-refractivity contribution is -0.117. The van der Waals surface area contributed by atoms with E-state index in [4.69, 9.17) is 16.3 Å². The molecule has 10 heteroatoms. The van der Waals surface area contributed by atoms with Gasteiger partial charge in [0, 0.05) is 5.02 Å². The van der Waals surface area contributed by atoms with E-state index in [-0.39, 0.29) is 22.2 Å². The Morgan fingerprint density at radius 1 is 1.28 bits per heavy atom. The van der Waals surface area contributed by atoms with Crippen LogP contribution in [0, 0.1) is 6.92 Å². The minimum absolute atomic E-state index is 0.0646. The topological polar surface area (TPSA) is 96.8 Å². The van der Waals surface area contributed by atoms with Crippen LogP contribution in [0.25, 0.3) is 0 Å². The number of halogens is 1. The van der Waals surface area contributed by atoms with Crippen molar-refractivity contribution in [2.45, 2.75) is 19.9 Å². The highest BCUT2D eigenvalue weighted by atomic mass is 35.5. The standard InChI is InChI=1S/C22H17ClN2O5S2/c1-3-30-21(29)19-11(2)24-22(32-19)25-16(12-6-4-7-13(23)10-12)15(18(27)20(25)28)17(26)14-8-5-9-31-14/h4-10,16,27H,3H2,1-2H3/t16-/m1/s1. The van der Waals surface area contributed by atoms with Crippen LogP contribution >= 0.6 is 34.3 Å². The van der Waals surface area contributed by atoms with Crippen LogP contribution in [0.4, 0.5) is 5.13 Å². The van der Waals surface area contributed by atoms with Gasteiger partial charge in [-0.05, 0) is 43.0 Å². The number of thiazole rings is 1. The first kappa shape index (κ1) is 22.2. The minimum Gasteiger partial charge on any atom is -0.503 e. The van der Waals surface area contributed by atoms with E-state index >= 15 is 0 Å². The second kappa shape index (κ2) is 8.85. The van der Waals surface area contributed by atoms with Gasteiger partial charge in [-0.25, -0.2) is 9.78 Å². The number of aromatic nitrogens is 1. The molecular weight excluding hydrogens is 472 g/mol. The summed E-state index contributed by atoms with van der Waals surface area (Å²) in [7, 11) is 0. The minimum atomic E-state index is -0.962. The Balaban J connectivity index is 1.86. The first-order valence-corrected chi connectivity index (χ1v) is 11.7. The van der Waals surface area contributed by atoms with Crippen LogP contribution in [-0.2, 0) is 9.53 Å². The third-order valence-electron chi connectivity index (χ3n) is 4.81. The van der Waals surface area contributed by atoms with Crippen molar-refractivity contribution in [3.05, 3.63) is 79.1 Å². The van der Waals surface area contributed by atoms with Crippen molar-refractivity contribution >= 4 is 57.1 Å². The maximum atomic E-state index is 13.3. The quantitative estimate of drug-likeness (QED) is 0.382. The summed E-state index contributed by atoms with van der Waals surface area (Å²) in [6, 6.07) is 9.08. The smallest absolute Gasteiger partial charge is 0.350 e. The number of rotatable bonds is 6. The van der Waals surface area contributed by atoms with Crippen molar-refractivity contribution < 1.29 is 24.2 Å². The Hall–Kier alpha value is -3.01. The van der Waals surface area contributed by atoms with E-state index in [1.807, 2.05) is 0 Å². The first-order valence-electron chi connectivity index (χ1n) is 9.58. The van der Waals surface area contributed by atoms with Gasteiger partial charge in [-0.15, -0.1) is 11.3 Å². The Bertz CT molecular complexity index is 1250. The Labute approximate surface area is 196 Å². The molecular formula is C22H17ClN2O5S2. The maximum absolute atomic E-state index is 13.3. The predicted octanol–water partition coefficient (Wildman–Crippen LogP) is 5.13. The monoisotopic (exact) mass is 488 g/mol. The molecule has 0 fully saturated rings. The molecule has 1 N–H and O–H groups in total. The second-order valence-electron chi connectivity index (χ2n) is 6.83. The van der Waals surface area contributed by atoms with Crippen molar-refractivity contribution in [2.24, 2.45) is 0 Å². The lowest BCUT2D eigenvalue weighted by Gasteiger charge is -2.24. The molecule has 0 aliphatic carbocycles. The number of thiophene rings is 1. The third-order valence-corrected chi connectivity index (χ3v) is 7.05. The summed E-state index contributed by atoms with van der Waals surface area (Å²) in [5.74, 6) is -2.44. The Morgan fingerprint density at radius 3 is 2.72 bits per heavy atom. The Kier molecular flexibility index (Phi) is 6.14. The van der Waals surface area contributed by atoms with Crippen LogP contribution in [0.3, 0.4) is 0 Å². The number of ketones is 1. The summed E-state index contributed by atoms with van der Waals surface area (Å²) < 4.78 is 5.07. The molecule has 3 aromatic rings. The molecule has 0 saturated carbocycles. The fourth-order valence-corrected chi connectivity index (χ4v) is 5.30. The number of aryl methyl sites for hydroxylation is 1. The molecule has 32 heavy (non-hydrogen) atoms. The van der Waals surface area contributed by atoms with Crippen molar-refractivity contribution in [1.29, 1.82) is 0 Å². The number of anilines is 1. The maximum Gasteiger partial charge on any atom is 0.350 e. The SMILES string of the molecule is CCOC(=O)c1sc(N2C(=O)C(O)=C(C(=O)c3cccs3)[C@H]2c2cccc(Cl)c2)nc1C. The number of hydrogen-bond acceptors (Lipinski definition) is 8. The molecule has 7 nitrogen and oxygen atoms in total. The predicted molar refractivity (Wildman–Crippen MR) is 123 cm³/mol. The van der Waals surface area contributed by atoms with Gasteiger partial charge in [-0.1, -0.05) is 41.1 Å². The summed E-state index contributed by atoms with van der Waals surface area (Å²) >= 11 is 8.36. The highest BCUT2D eigenvalue weighted by Crippen LogP contribution is 2.44. The number of ether oxygens (including phenoxy) is 1. The Morgan fingerprint density at radius 2 is 2.06 bits per heavy atom. The number of esters is 1. The number of nitrogens with zero attached hydrogens (tertiary/aromatic N) is 2. The van der Waals surface area contributed by atoms with Gasteiger partial charge in [0.25, 0.3) is 5.91 Å². The fraction of sp³-hybridized carbons (Fsp3) is 0.182. The molecule has 4 rings (SSSR count). The largest absolute Gasteiger partial charge is 0.503 e. The van der Waals surface area contributed by atoms with Crippen LogP contribution in [-0.4, -0.2) is 34.4 Å². The van der Waals surface area contributed by atoms with E-state index < -0.39 is 29.5 Å². The number of benzene rings is 1. The number of Topliss-reactive ketones (excluding diaryl/α,β-unsaturated/α-hetero) is 1. The molecule has 0 spiro atoms. The summed E-state index contributed by atoms with van der Waals surface area (Å²) in [6.45, 7) is 3.52. The second-order valence-corrected chi connectivity index (χ2v) is 9.19. The van der Waals surface area contributed by atoms with Gasteiger partial charge in [0.05, 0.1) is 28.8 Å². The molecule has 0 radical (unpaired) electrons. The highest BCUT2D eigenvalue weighted by Gasteiger charge is 2.46. The van der Waals surface area contributed by atoms with Crippen LogP contribution in [0.5, 0.6) is 0 Å². The summed E-state index contributed by atoms with van der Waals surface area (Å²) in [6.07, 6.45) is 0. The number of amides is 1. The number of aliphatic hydroxyl groups is 1. The van der Waals surface area contributed by atoms with E-state index in [2.05, 4.69) is 4.98 Å². The van der Waals surface area contributed by atoms with E-state index in [9.17, 15) is 19.5 Å². The zero-order chi connectivity index (χ0) is 23.0. The summed E-state index contributed by atoms with van der Waals surface area (Å²) in [5, 5.41) is 13.1. The average molecular weight is 489 g/mol. The van der Waals surface area contributed by atoms with Gasteiger partial charge < -0.3 is 9.84 Å². The van der Waals surface area contributed by atoms with Crippen LogP contribution in [0.2, 0.25) is 5.02 Å². The lowest BCUT2D eigenvalue weighted by atomic mass is 9.95. The van der Waals surface area contributed by atoms with Gasteiger partial charge in [0.1, 0.15) is 4.88 Å². The van der Waals surface area contributed by atoms with Crippen molar-refractivity contribution in [3.63, 3.8) is 0 Å². The number of carbonyl (C=O) groups excluding carboxylic acids is 3. The summed E-state index contributed by atoms with van der Waals surface area (Å²) in [4.78, 5) is 44.9. The fourth-order valence-electron chi connectivity index (χ4n) is 3.44. The van der Waals surface area contributed by atoms with E-state index in [0.29, 0.717) is 21.2 Å². The van der Waals surface area contributed by atoms with Crippen molar-refractivity contribution in [3.8, 4) is 0 Å². The average Bonchev–Trinajstić information content (AvgIpc) is 3.47. The third kappa shape index (κ3) is 3.83. The molecule has 1 aromatic carbocycles. The number of aliphatic hydroxyl groups excluding tert-OH is 1. The molecule has 3 heterocycles. The molecule has 0 bridgehead atoms. The zero-order valence-electron chi connectivity index (χ0n) is 17.0.